The number of hydrogen-bond acceptors (Lipinski definition) is 4. The van der Waals surface area contributed by atoms with Crippen LogP contribution in [-0.4, -0.2) is 19.4 Å². The summed E-state index contributed by atoms with van der Waals surface area (Å²) in [6, 6.07) is 4.93. The van der Waals surface area contributed by atoms with Gasteiger partial charge in [-0.2, -0.15) is 5.10 Å². The lowest BCUT2D eigenvalue weighted by molar-refractivity contribution is 0.779. The summed E-state index contributed by atoms with van der Waals surface area (Å²) in [5.41, 5.74) is 3.76. The van der Waals surface area contributed by atoms with E-state index in [0.29, 0.717) is 26.8 Å². The fourth-order valence-corrected chi connectivity index (χ4v) is 2.39. The second-order valence-corrected chi connectivity index (χ2v) is 5.07. The van der Waals surface area contributed by atoms with Crippen LogP contribution in [0.1, 0.15) is 0 Å². The van der Waals surface area contributed by atoms with Gasteiger partial charge in [0.05, 0.1) is 11.9 Å². The normalized spacial score (nSPS) is 10.9. The van der Waals surface area contributed by atoms with Crippen LogP contribution in [-0.2, 0) is 7.05 Å². The highest BCUT2D eigenvalue weighted by molar-refractivity contribution is 6.35. The molecular formula is C12H9Cl2N5O. The van der Waals surface area contributed by atoms with Gasteiger partial charge in [0.25, 0.3) is 5.56 Å². The summed E-state index contributed by atoms with van der Waals surface area (Å²) in [6.45, 7) is 0. The van der Waals surface area contributed by atoms with Gasteiger partial charge < -0.3 is 0 Å². The molecule has 0 unspecified atom stereocenters. The molecule has 3 aromatic rings. The maximum absolute atomic E-state index is 12.3. The molecular weight excluding hydrogens is 301 g/mol. The molecule has 0 fully saturated rings. The molecule has 1 N–H and O–H groups in total. The van der Waals surface area contributed by atoms with E-state index in [1.54, 1.807) is 25.2 Å². The van der Waals surface area contributed by atoms with E-state index in [0.717, 1.165) is 0 Å². The topological polar surface area (TPSA) is 64.7 Å². The van der Waals surface area contributed by atoms with Gasteiger partial charge in [-0.1, -0.05) is 23.2 Å². The Bertz CT molecular complexity index is 834. The number of anilines is 1. The molecule has 0 saturated heterocycles. The van der Waals surface area contributed by atoms with Gasteiger partial charge in [0, 0.05) is 17.1 Å². The van der Waals surface area contributed by atoms with Crippen molar-refractivity contribution < 1.29 is 0 Å². The number of benzene rings is 1. The molecule has 0 amide bonds. The minimum Gasteiger partial charge on any atom is -0.290 e. The third-order valence-corrected chi connectivity index (χ3v) is 3.20. The number of nitrogens with one attached hydrogen (secondary N) is 1. The van der Waals surface area contributed by atoms with Crippen LogP contribution in [0.15, 0.2) is 35.5 Å². The van der Waals surface area contributed by atoms with E-state index < -0.39 is 0 Å². The molecule has 0 bridgehead atoms. The number of hydrogen-bond donors (Lipinski definition) is 1. The largest absolute Gasteiger partial charge is 0.290 e. The van der Waals surface area contributed by atoms with Gasteiger partial charge in [-0.25, -0.2) is 9.66 Å². The van der Waals surface area contributed by atoms with Crippen molar-refractivity contribution in [3.8, 4) is 0 Å². The number of aryl methyl sites for hydroxylation is 1. The van der Waals surface area contributed by atoms with Crippen LogP contribution in [0.25, 0.3) is 11.0 Å². The first kappa shape index (κ1) is 13.0. The number of rotatable bonds is 2. The lowest BCUT2D eigenvalue weighted by Crippen LogP contribution is -2.26. The van der Waals surface area contributed by atoms with E-state index in [1.165, 1.54) is 21.9 Å². The van der Waals surface area contributed by atoms with E-state index in [9.17, 15) is 4.79 Å². The van der Waals surface area contributed by atoms with Crippen LogP contribution >= 0.6 is 23.2 Å². The van der Waals surface area contributed by atoms with Crippen molar-refractivity contribution in [1.82, 2.24) is 19.4 Å². The molecule has 0 spiro atoms. The maximum Gasteiger partial charge on any atom is 0.283 e. The number of fused-ring (bicyclic) bond motifs is 1. The van der Waals surface area contributed by atoms with Crippen molar-refractivity contribution in [2.24, 2.45) is 7.05 Å². The summed E-state index contributed by atoms with van der Waals surface area (Å²) in [6.07, 6.45) is 2.87. The summed E-state index contributed by atoms with van der Waals surface area (Å²) in [5.74, 6) is 0. The van der Waals surface area contributed by atoms with Crippen LogP contribution in [0.2, 0.25) is 10.0 Å². The van der Waals surface area contributed by atoms with Gasteiger partial charge >= 0.3 is 0 Å². The lowest BCUT2D eigenvalue weighted by atomic mass is 10.3. The van der Waals surface area contributed by atoms with Gasteiger partial charge in [-0.3, -0.25) is 14.9 Å². The molecule has 3 rings (SSSR count). The fourth-order valence-electron chi connectivity index (χ4n) is 1.87. The first-order valence-corrected chi connectivity index (χ1v) is 6.42. The predicted octanol–water partition coefficient (Wildman–Crippen LogP) is 2.31. The molecule has 0 aliphatic rings. The van der Waals surface area contributed by atoms with Gasteiger partial charge in [-0.15, -0.1) is 0 Å². The summed E-state index contributed by atoms with van der Waals surface area (Å²) in [5, 5.41) is 5.38. The van der Waals surface area contributed by atoms with Crippen LogP contribution in [0, 0.1) is 0 Å². The van der Waals surface area contributed by atoms with E-state index in [1.807, 2.05) is 0 Å². The van der Waals surface area contributed by atoms with E-state index in [4.69, 9.17) is 23.2 Å². The van der Waals surface area contributed by atoms with Gasteiger partial charge in [0.15, 0.2) is 5.65 Å². The van der Waals surface area contributed by atoms with Crippen molar-refractivity contribution in [1.29, 1.82) is 0 Å². The smallest absolute Gasteiger partial charge is 0.283 e. The second-order valence-electron chi connectivity index (χ2n) is 4.20. The highest BCUT2D eigenvalue weighted by Crippen LogP contribution is 2.22. The summed E-state index contributed by atoms with van der Waals surface area (Å²) in [7, 11) is 1.73. The number of nitrogens with zero attached hydrogens (tertiary/aromatic N) is 4. The molecule has 2 aromatic heterocycles. The minimum absolute atomic E-state index is 0.251. The SMILES string of the molecule is Cn1ncc2c(=O)n(Nc3cc(Cl)cc(Cl)c3)cnc21. The minimum atomic E-state index is -0.251. The third kappa shape index (κ3) is 2.23. The molecule has 6 nitrogen and oxygen atoms in total. The Balaban J connectivity index is 2.06. The Kier molecular flexibility index (Phi) is 3.11. The quantitative estimate of drug-likeness (QED) is 0.789. The van der Waals surface area contributed by atoms with Crippen LogP contribution in [0.3, 0.4) is 0 Å². The Labute approximate surface area is 123 Å². The summed E-state index contributed by atoms with van der Waals surface area (Å²) < 4.78 is 2.79. The zero-order valence-electron chi connectivity index (χ0n) is 10.3. The first-order chi connectivity index (χ1) is 9.54. The first-order valence-electron chi connectivity index (χ1n) is 5.67. The van der Waals surface area contributed by atoms with Crippen molar-refractivity contribution in [2.75, 3.05) is 5.43 Å². The lowest BCUT2D eigenvalue weighted by Gasteiger charge is -2.09. The molecule has 102 valence electrons. The van der Waals surface area contributed by atoms with Crippen LogP contribution in [0.4, 0.5) is 5.69 Å². The second kappa shape index (κ2) is 4.81. The monoisotopic (exact) mass is 309 g/mol. The molecule has 20 heavy (non-hydrogen) atoms. The Morgan fingerprint density at radius 2 is 1.90 bits per heavy atom. The zero-order chi connectivity index (χ0) is 14.3. The predicted molar refractivity (Wildman–Crippen MR) is 78.3 cm³/mol. The molecule has 0 radical (unpaired) electrons. The average Bonchev–Trinajstić information content (AvgIpc) is 2.74. The van der Waals surface area contributed by atoms with Gasteiger partial charge in [0.2, 0.25) is 0 Å². The van der Waals surface area contributed by atoms with Gasteiger partial charge in [-0.05, 0) is 18.2 Å². The summed E-state index contributed by atoms with van der Waals surface area (Å²) >= 11 is 11.8. The molecule has 0 aliphatic carbocycles. The maximum atomic E-state index is 12.3. The molecule has 1 aromatic carbocycles. The Hall–Kier alpha value is -2.05. The highest BCUT2D eigenvalue weighted by atomic mass is 35.5. The van der Waals surface area contributed by atoms with E-state index >= 15 is 0 Å². The number of halogens is 2. The van der Waals surface area contributed by atoms with Crippen LogP contribution in [0.5, 0.6) is 0 Å². The van der Waals surface area contributed by atoms with E-state index in [2.05, 4.69) is 15.5 Å². The summed E-state index contributed by atoms with van der Waals surface area (Å²) in [4.78, 5) is 16.4. The molecule has 0 atom stereocenters. The van der Waals surface area contributed by atoms with Crippen molar-refractivity contribution in [3.05, 3.63) is 51.1 Å². The number of aromatic nitrogens is 4. The molecule has 2 heterocycles. The molecule has 0 saturated carbocycles. The van der Waals surface area contributed by atoms with Crippen molar-refractivity contribution in [3.63, 3.8) is 0 Å². The standard InChI is InChI=1S/C12H9Cl2N5O/c1-18-11-10(5-16-18)12(20)19(6-15-11)17-9-3-7(13)2-8(14)4-9/h2-6,17H,1H3. The molecule has 0 aliphatic heterocycles. The zero-order valence-corrected chi connectivity index (χ0v) is 11.9. The third-order valence-electron chi connectivity index (χ3n) is 2.76. The van der Waals surface area contributed by atoms with Crippen molar-refractivity contribution >= 4 is 39.9 Å². The Morgan fingerprint density at radius 1 is 1.20 bits per heavy atom. The van der Waals surface area contributed by atoms with Gasteiger partial charge in [0.1, 0.15) is 11.7 Å². The Morgan fingerprint density at radius 3 is 2.60 bits per heavy atom. The van der Waals surface area contributed by atoms with E-state index in [-0.39, 0.29) is 5.56 Å². The average molecular weight is 310 g/mol. The molecule has 8 heteroatoms. The van der Waals surface area contributed by atoms with Crippen LogP contribution < -0.4 is 11.0 Å². The van der Waals surface area contributed by atoms with Crippen molar-refractivity contribution in [2.45, 2.75) is 0 Å². The highest BCUT2D eigenvalue weighted by Gasteiger charge is 2.08. The fraction of sp³-hybridized carbons (Fsp3) is 0.0833.